The Morgan fingerprint density at radius 2 is 2.19 bits per heavy atom. The zero-order valence-electron chi connectivity index (χ0n) is 9.91. The lowest BCUT2D eigenvalue weighted by molar-refractivity contribution is 0.505. The summed E-state index contributed by atoms with van der Waals surface area (Å²) in [5, 5.41) is 3.36. The van der Waals surface area contributed by atoms with E-state index in [4.69, 9.17) is 4.42 Å². The smallest absolute Gasteiger partial charge is 0.108 e. The zero-order chi connectivity index (χ0) is 11.5. The van der Waals surface area contributed by atoms with Crippen molar-refractivity contribution < 1.29 is 4.42 Å². The molecular weight excluding hydrogens is 218 g/mol. The molecule has 0 spiro atoms. The maximum Gasteiger partial charge on any atom is 0.108 e. The summed E-state index contributed by atoms with van der Waals surface area (Å²) >= 11 is 1.83. The summed E-state index contributed by atoms with van der Waals surface area (Å²) in [4.78, 5) is 2.69. The molecule has 0 saturated carbocycles. The fourth-order valence-corrected chi connectivity index (χ4v) is 2.96. The molecule has 2 aromatic rings. The standard InChI is InChI=1S/C13H17NOS/c1-4-11-10(7-8-15-11)13(14-3)12-6-5-9(2)16-12/h5-8,13-14H,4H2,1-3H3. The first-order chi connectivity index (χ1) is 7.76. The van der Waals surface area contributed by atoms with Crippen molar-refractivity contribution in [2.45, 2.75) is 26.3 Å². The van der Waals surface area contributed by atoms with E-state index in [0.717, 1.165) is 12.2 Å². The van der Waals surface area contributed by atoms with Gasteiger partial charge in [-0.25, -0.2) is 0 Å². The van der Waals surface area contributed by atoms with Crippen molar-refractivity contribution in [2.24, 2.45) is 0 Å². The number of rotatable bonds is 4. The first-order valence-electron chi connectivity index (χ1n) is 5.56. The van der Waals surface area contributed by atoms with Gasteiger partial charge in [0.25, 0.3) is 0 Å². The van der Waals surface area contributed by atoms with Crippen molar-refractivity contribution in [1.29, 1.82) is 0 Å². The molecule has 86 valence electrons. The lowest BCUT2D eigenvalue weighted by atomic mass is 10.1. The van der Waals surface area contributed by atoms with Crippen LogP contribution in [0, 0.1) is 6.92 Å². The summed E-state index contributed by atoms with van der Waals surface area (Å²) in [6, 6.07) is 6.67. The topological polar surface area (TPSA) is 25.2 Å². The van der Waals surface area contributed by atoms with Crippen LogP contribution >= 0.6 is 11.3 Å². The number of aryl methyl sites for hydroxylation is 2. The van der Waals surface area contributed by atoms with Gasteiger partial charge in [0.15, 0.2) is 0 Å². The summed E-state index contributed by atoms with van der Waals surface area (Å²) in [6.45, 7) is 4.26. The number of furan rings is 1. The summed E-state index contributed by atoms with van der Waals surface area (Å²) in [5.41, 5.74) is 1.26. The van der Waals surface area contributed by atoms with Crippen molar-refractivity contribution in [3.05, 3.63) is 45.5 Å². The van der Waals surface area contributed by atoms with Crippen molar-refractivity contribution in [1.82, 2.24) is 5.32 Å². The summed E-state index contributed by atoms with van der Waals surface area (Å²) in [6.07, 6.45) is 2.71. The molecule has 0 radical (unpaired) electrons. The second-order valence-corrected chi connectivity index (χ2v) is 5.14. The van der Waals surface area contributed by atoms with Crippen molar-refractivity contribution in [3.63, 3.8) is 0 Å². The van der Waals surface area contributed by atoms with Gasteiger partial charge in [-0.2, -0.15) is 0 Å². The van der Waals surface area contributed by atoms with Crippen molar-refractivity contribution in [3.8, 4) is 0 Å². The zero-order valence-corrected chi connectivity index (χ0v) is 10.7. The van der Waals surface area contributed by atoms with Crippen LogP contribution in [0.4, 0.5) is 0 Å². The van der Waals surface area contributed by atoms with Gasteiger partial charge in [-0.15, -0.1) is 11.3 Å². The third kappa shape index (κ3) is 2.06. The minimum absolute atomic E-state index is 0.257. The predicted molar refractivity (Wildman–Crippen MR) is 68.0 cm³/mol. The third-order valence-corrected chi connectivity index (χ3v) is 3.81. The van der Waals surface area contributed by atoms with Gasteiger partial charge in [0, 0.05) is 21.7 Å². The Balaban J connectivity index is 2.36. The van der Waals surface area contributed by atoms with E-state index >= 15 is 0 Å². The maximum absolute atomic E-state index is 5.49. The third-order valence-electron chi connectivity index (χ3n) is 2.75. The molecule has 0 aliphatic heterocycles. The molecule has 1 atom stereocenters. The molecule has 2 nitrogen and oxygen atoms in total. The molecule has 1 N–H and O–H groups in total. The number of hydrogen-bond acceptors (Lipinski definition) is 3. The average Bonchev–Trinajstić information content (AvgIpc) is 2.89. The van der Waals surface area contributed by atoms with Crippen LogP contribution in [0.1, 0.15) is 34.0 Å². The molecule has 2 heterocycles. The Bertz CT molecular complexity index is 458. The largest absolute Gasteiger partial charge is 0.469 e. The highest BCUT2D eigenvalue weighted by molar-refractivity contribution is 7.12. The monoisotopic (exact) mass is 235 g/mol. The van der Waals surface area contributed by atoms with Crippen molar-refractivity contribution in [2.75, 3.05) is 7.05 Å². The fraction of sp³-hybridized carbons (Fsp3) is 0.385. The molecule has 0 amide bonds. The van der Waals surface area contributed by atoms with Crippen LogP contribution in [0.25, 0.3) is 0 Å². The van der Waals surface area contributed by atoms with Crippen LogP contribution in [0.2, 0.25) is 0 Å². The van der Waals surface area contributed by atoms with E-state index < -0.39 is 0 Å². The van der Waals surface area contributed by atoms with Gasteiger partial charge < -0.3 is 9.73 Å². The van der Waals surface area contributed by atoms with E-state index in [-0.39, 0.29) is 6.04 Å². The molecule has 2 aromatic heterocycles. The van der Waals surface area contributed by atoms with Gasteiger partial charge in [-0.3, -0.25) is 0 Å². The van der Waals surface area contributed by atoms with Crippen LogP contribution in [0.3, 0.4) is 0 Å². The normalized spacial score (nSPS) is 12.9. The second-order valence-electron chi connectivity index (χ2n) is 3.82. The molecule has 0 aliphatic carbocycles. The van der Waals surface area contributed by atoms with Gasteiger partial charge in [0.05, 0.1) is 12.3 Å². The van der Waals surface area contributed by atoms with Crippen molar-refractivity contribution >= 4 is 11.3 Å². The predicted octanol–water partition coefficient (Wildman–Crippen LogP) is 3.52. The molecule has 0 fully saturated rings. The van der Waals surface area contributed by atoms with E-state index in [9.17, 15) is 0 Å². The average molecular weight is 235 g/mol. The van der Waals surface area contributed by atoms with Crippen LogP contribution in [0.5, 0.6) is 0 Å². The molecule has 0 aromatic carbocycles. The number of hydrogen-bond donors (Lipinski definition) is 1. The van der Waals surface area contributed by atoms with Crippen LogP contribution in [0.15, 0.2) is 28.9 Å². The summed E-state index contributed by atoms with van der Waals surface area (Å²) < 4.78 is 5.49. The highest BCUT2D eigenvalue weighted by Crippen LogP contribution is 2.30. The Kier molecular flexibility index (Phi) is 3.46. The molecule has 16 heavy (non-hydrogen) atoms. The van der Waals surface area contributed by atoms with E-state index in [1.165, 1.54) is 15.3 Å². The van der Waals surface area contributed by atoms with Gasteiger partial charge in [-0.1, -0.05) is 6.92 Å². The molecule has 0 aliphatic rings. The van der Waals surface area contributed by atoms with Gasteiger partial charge >= 0.3 is 0 Å². The first-order valence-corrected chi connectivity index (χ1v) is 6.37. The molecule has 3 heteroatoms. The van der Waals surface area contributed by atoms with E-state index in [1.54, 1.807) is 6.26 Å². The van der Waals surface area contributed by atoms with Crippen LogP contribution in [-0.2, 0) is 6.42 Å². The minimum Gasteiger partial charge on any atom is -0.469 e. The quantitative estimate of drug-likeness (QED) is 0.877. The Hall–Kier alpha value is -1.06. The SMILES string of the molecule is CCc1occc1C(NC)c1ccc(C)s1. The fourth-order valence-electron chi connectivity index (χ4n) is 1.95. The second kappa shape index (κ2) is 4.85. The summed E-state index contributed by atoms with van der Waals surface area (Å²) in [5.74, 6) is 1.07. The highest BCUT2D eigenvalue weighted by Gasteiger charge is 2.18. The van der Waals surface area contributed by atoms with Gasteiger partial charge in [-0.05, 0) is 32.2 Å². The summed E-state index contributed by atoms with van der Waals surface area (Å²) in [7, 11) is 1.99. The molecule has 0 saturated heterocycles. The Morgan fingerprint density at radius 3 is 2.75 bits per heavy atom. The Morgan fingerprint density at radius 1 is 1.38 bits per heavy atom. The number of thiophene rings is 1. The molecule has 2 rings (SSSR count). The van der Waals surface area contributed by atoms with E-state index in [2.05, 4.69) is 37.4 Å². The minimum atomic E-state index is 0.257. The van der Waals surface area contributed by atoms with E-state index in [1.807, 2.05) is 18.4 Å². The Labute approximate surface area is 100 Å². The number of nitrogens with one attached hydrogen (secondary N) is 1. The van der Waals surface area contributed by atoms with Gasteiger partial charge in [0.2, 0.25) is 0 Å². The van der Waals surface area contributed by atoms with Crippen LogP contribution < -0.4 is 5.32 Å². The molecule has 0 bridgehead atoms. The first kappa shape index (κ1) is 11.4. The molecular formula is C13H17NOS. The highest BCUT2D eigenvalue weighted by atomic mass is 32.1. The van der Waals surface area contributed by atoms with E-state index in [0.29, 0.717) is 0 Å². The van der Waals surface area contributed by atoms with Gasteiger partial charge in [0.1, 0.15) is 5.76 Å². The lowest BCUT2D eigenvalue weighted by Gasteiger charge is -2.14. The maximum atomic E-state index is 5.49. The lowest BCUT2D eigenvalue weighted by Crippen LogP contribution is -2.17. The van der Waals surface area contributed by atoms with Crippen LogP contribution in [-0.4, -0.2) is 7.05 Å². The molecule has 1 unspecified atom stereocenters.